The van der Waals surface area contributed by atoms with Gasteiger partial charge in [-0.1, -0.05) is 0 Å². The fraction of sp³-hybridized carbons (Fsp3) is 0.667. The Bertz CT molecular complexity index is 504. The number of nitrogens with two attached hydrogens (primary N) is 2. The number of hydrogen-bond donors (Lipinski definition) is 8. The largest absolute Gasteiger partial charge is 0.490 e. The number of thiol groups is 2. The molecule has 0 unspecified atom stereocenters. The lowest BCUT2D eigenvalue weighted by molar-refractivity contribution is -0.193. The molecule has 0 fully saturated rings. The summed E-state index contributed by atoms with van der Waals surface area (Å²) in [5.74, 6) is -5.51. The first-order valence-electron chi connectivity index (χ1n) is 7.51. The van der Waals surface area contributed by atoms with Gasteiger partial charge in [0.1, 0.15) is 0 Å². The van der Waals surface area contributed by atoms with Gasteiger partial charge in [0.05, 0.1) is 13.1 Å². The van der Waals surface area contributed by atoms with Crippen LogP contribution in [0.2, 0.25) is 0 Å². The van der Waals surface area contributed by atoms with Gasteiger partial charge in [-0.15, -0.1) is 25.3 Å². The molecule has 178 valence electrons. The van der Waals surface area contributed by atoms with Crippen LogP contribution in [0.25, 0.3) is 0 Å². The lowest BCUT2D eigenvalue weighted by atomic mass is 10.5. The summed E-state index contributed by atoms with van der Waals surface area (Å²) in [6, 6.07) is 0. The minimum Gasteiger partial charge on any atom is -0.475 e. The van der Waals surface area contributed by atoms with Gasteiger partial charge >= 0.3 is 24.3 Å². The number of nitrogens with zero attached hydrogens (tertiary/aromatic N) is 2. The van der Waals surface area contributed by atoms with Crippen molar-refractivity contribution in [1.29, 1.82) is 0 Å². The molecule has 0 aromatic heterocycles. The van der Waals surface area contributed by atoms with Gasteiger partial charge in [-0.3, -0.25) is 9.98 Å². The van der Waals surface area contributed by atoms with Crippen molar-refractivity contribution in [2.75, 3.05) is 39.3 Å². The van der Waals surface area contributed by atoms with E-state index in [1.807, 2.05) is 0 Å². The van der Waals surface area contributed by atoms with E-state index in [0.717, 1.165) is 26.2 Å². The van der Waals surface area contributed by atoms with Crippen LogP contribution in [0.5, 0.6) is 0 Å². The van der Waals surface area contributed by atoms with Crippen molar-refractivity contribution in [2.24, 2.45) is 21.5 Å². The average Bonchev–Trinajstić information content (AvgIpc) is 2.55. The number of halogens is 6. The summed E-state index contributed by atoms with van der Waals surface area (Å²) in [6.45, 7) is 4.64. The summed E-state index contributed by atoms with van der Waals surface area (Å²) in [5.41, 5.74) is 10.5. The molecule has 10 nitrogen and oxygen atoms in total. The van der Waals surface area contributed by atoms with E-state index in [-0.39, 0.29) is 0 Å². The van der Waals surface area contributed by atoms with Gasteiger partial charge in [-0.2, -0.15) is 26.3 Å². The molecule has 0 spiro atoms. The Morgan fingerprint density at radius 1 is 0.733 bits per heavy atom. The Kier molecular flexibility index (Phi) is 19.5. The van der Waals surface area contributed by atoms with Crippen molar-refractivity contribution in [3.8, 4) is 0 Å². The van der Waals surface area contributed by atoms with Crippen molar-refractivity contribution in [2.45, 2.75) is 12.4 Å². The molecule has 0 atom stereocenters. The summed E-state index contributed by atoms with van der Waals surface area (Å²) in [4.78, 5) is 25.6. The monoisotopic (exact) mass is 492 g/mol. The number of amidine groups is 2. The van der Waals surface area contributed by atoms with Crippen molar-refractivity contribution >= 4 is 47.5 Å². The molecule has 0 aliphatic heterocycles. The Hall–Kier alpha value is -1.92. The molecule has 0 radical (unpaired) electrons. The molecule has 0 aromatic rings. The smallest absolute Gasteiger partial charge is 0.475 e. The first-order valence-corrected chi connectivity index (χ1v) is 8.40. The highest BCUT2D eigenvalue weighted by Crippen LogP contribution is 2.13. The zero-order valence-electron chi connectivity index (χ0n) is 15.2. The fourth-order valence-electron chi connectivity index (χ4n) is 0.926. The van der Waals surface area contributed by atoms with Gasteiger partial charge < -0.3 is 32.3 Å². The van der Waals surface area contributed by atoms with Crippen LogP contribution >= 0.6 is 25.3 Å². The fourth-order valence-corrected chi connectivity index (χ4v) is 1.13. The number of nitrogens with one attached hydrogen (secondary N) is 2. The molecule has 0 rings (SSSR count). The Morgan fingerprint density at radius 2 is 0.967 bits per heavy atom. The topological polar surface area (TPSA) is 175 Å². The van der Waals surface area contributed by atoms with Crippen molar-refractivity contribution in [1.82, 2.24) is 10.6 Å². The highest BCUT2D eigenvalue weighted by Gasteiger charge is 2.38. The second-order valence-corrected chi connectivity index (χ2v) is 5.50. The van der Waals surface area contributed by atoms with Crippen LogP contribution in [-0.4, -0.2) is 84.1 Å². The summed E-state index contributed by atoms with van der Waals surface area (Å²) in [7, 11) is 0. The number of carboxylic acid groups (broad SMARTS) is 2. The second-order valence-electron chi connectivity index (χ2n) is 4.59. The van der Waals surface area contributed by atoms with Crippen LogP contribution < -0.4 is 22.1 Å². The van der Waals surface area contributed by atoms with Gasteiger partial charge in [0.15, 0.2) is 10.3 Å². The quantitative estimate of drug-likeness (QED) is 0.0725. The molecular weight excluding hydrogens is 470 g/mol. The molecule has 0 aliphatic rings. The van der Waals surface area contributed by atoms with E-state index >= 15 is 0 Å². The minimum absolute atomic E-state index is 0.321. The van der Waals surface area contributed by atoms with Gasteiger partial charge in [0.25, 0.3) is 0 Å². The number of rotatable bonds is 9. The molecular formula is C12H22F6N6O4S2. The third-order valence-electron chi connectivity index (χ3n) is 2.09. The van der Waals surface area contributed by atoms with Crippen molar-refractivity contribution < 1.29 is 46.1 Å². The predicted octanol–water partition coefficient (Wildman–Crippen LogP) is -0.0788. The van der Waals surface area contributed by atoms with E-state index in [1.165, 1.54) is 0 Å². The van der Waals surface area contributed by atoms with Gasteiger partial charge in [0.2, 0.25) is 0 Å². The van der Waals surface area contributed by atoms with Crippen LogP contribution in [0.1, 0.15) is 0 Å². The number of carbonyl (C=O) groups is 2. The van der Waals surface area contributed by atoms with Gasteiger partial charge in [-0.05, 0) is 0 Å². The molecule has 0 aliphatic carbocycles. The standard InChI is InChI=1S/C8H20N6S2.2C2HF3O2/c9-7(15)13-5-3-11-1-2-12-4-6-14-8(10)16;2*3-2(4,5)1(6)7/h11-12H,1-6H2,(H3,9,13,15)(H3,10,14,16);2*(H,6,7). The average molecular weight is 492 g/mol. The van der Waals surface area contributed by atoms with Crippen LogP contribution in [-0.2, 0) is 9.59 Å². The van der Waals surface area contributed by atoms with E-state index in [9.17, 15) is 26.3 Å². The van der Waals surface area contributed by atoms with E-state index in [4.69, 9.17) is 31.3 Å². The molecule has 0 saturated heterocycles. The van der Waals surface area contributed by atoms with Gasteiger partial charge in [0, 0.05) is 26.2 Å². The summed E-state index contributed by atoms with van der Waals surface area (Å²) < 4.78 is 63.5. The summed E-state index contributed by atoms with van der Waals surface area (Å²) >= 11 is 7.71. The van der Waals surface area contributed by atoms with E-state index < -0.39 is 24.3 Å². The summed E-state index contributed by atoms with van der Waals surface area (Å²) in [5, 5.41) is 21.3. The number of alkyl halides is 6. The van der Waals surface area contributed by atoms with Crippen molar-refractivity contribution in [3.05, 3.63) is 0 Å². The molecule has 30 heavy (non-hydrogen) atoms. The Balaban J connectivity index is -0.000000430. The van der Waals surface area contributed by atoms with Crippen LogP contribution in [0.4, 0.5) is 26.3 Å². The highest BCUT2D eigenvalue weighted by atomic mass is 32.1. The SMILES string of the molecule is NC(S)=NCCNCCNCCN=C(N)S.O=C(O)C(F)(F)F.O=C(O)C(F)(F)F. The molecule has 0 aromatic carbocycles. The van der Waals surface area contributed by atoms with E-state index in [2.05, 4.69) is 45.9 Å². The van der Waals surface area contributed by atoms with Crippen molar-refractivity contribution in [3.63, 3.8) is 0 Å². The predicted molar refractivity (Wildman–Crippen MR) is 104 cm³/mol. The number of aliphatic carboxylic acids is 2. The maximum absolute atomic E-state index is 10.6. The highest BCUT2D eigenvalue weighted by molar-refractivity contribution is 7.97. The maximum Gasteiger partial charge on any atom is 0.490 e. The van der Waals surface area contributed by atoms with Crippen LogP contribution in [0, 0.1) is 0 Å². The number of aliphatic imine (C=N–C) groups is 2. The van der Waals surface area contributed by atoms with Crippen LogP contribution in [0.3, 0.4) is 0 Å². The molecule has 8 N–H and O–H groups in total. The lowest BCUT2D eigenvalue weighted by Crippen LogP contribution is -2.30. The van der Waals surface area contributed by atoms with Gasteiger partial charge in [-0.25, -0.2) is 9.59 Å². The molecule has 0 saturated carbocycles. The summed E-state index contributed by atoms with van der Waals surface area (Å²) in [6.07, 6.45) is -10.2. The minimum atomic E-state index is -5.08. The molecule has 0 heterocycles. The third kappa shape index (κ3) is 30.8. The first kappa shape index (κ1) is 32.7. The third-order valence-corrected chi connectivity index (χ3v) is 2.37. The first-order chi connectivity index (χ1) is 13.5. The zero-order chi connectivity index (χ0) is 24.4. The normalized spacial score (nSPS) is 12.3. The zero-order valence-corrected chi connectivity index (χ0v) is 17.0. The Labute approximate surface area is 178 Å². The van der Waals surface area contributed by atoms with Crippen LogP contribution in [0.15, 0.2) is 9.98 Å². The second kappa shape index (κ2) is 17.9. The molecule has 0 amide bonds. The number of carboxylic acids is 2. The lowest BCUT2D eigenvalue weighted by Gasteiger charge is -2.04. The molecule has 18 heteroatoms. The number of hydrogen-bond acceptors (Lipinski definition) is 6. The van der Waals surface area contributed by atoms with E-state index in [0.29, 0.717) is 23.4 Å². The van der Waals surface area contributed by atoms with E-state index in [1.54, 1.807) is 0 Å². The molecule has 0 bridgehead atoms. The maximum atomic E-state index is 10.6. The Morgan fingerprint density at radius 3 is 1.13 bits per heavy atom.